The van der Waals surface area contributed by atoms with Crippen LogP contribution in [0, 0.1) is 13.8 Å². The number of aliphatic hydroxyl groups is 1. The van der Waals surface area contributed by atoms with Crippen LogP contribution in [-0.2, 0) is 7.05 Å². The summed E-state index contributed by atoms with van der Waals surface area (Å²) in [5.74, 6) is 0. The molecule has 0 spiro atoms. The second kappa shape index (κ2) is 4.14. The molecule has 0 unspecified atom stereocenters. The summed E-state index contributed by atoms with van der Waals surface area (Å²) >= 11 is 0. The van der Waals surface area contributed by atoms with E-state index in [4.69, 9.17) is 0 Å². The van der Waals surface area contributed by atoms with E-state index in [-0.39, 0.29) is 0 Å². The molecule has 1 N–H and O–H groups in total. The van der Waals surface area contributed by atoms with Gasteiger partial charge < -0.3 is 9.67 Å². The first-order valence-corrected chi connectivity index (χ1v) is 5.46. The summed E-state index contributed by atoms with van der Waals surface area (Å²) < 4.78 is 1.95. The summed E-state index contributed by atoms with van der Waals surface area (Å²) in [6, 6.07) is 10.0. The van der Waals surface area contributed by atoms with E-state index < -0.39 is 6.10 Å². The topological polar surface area (TPSA) is 25.2 Å². The Labute approximate surface area is 96.2 Å². The van der Waals surface area contributed by atoms with E-state index in [1.807, 2.05) is 49.0 Å². The van der Waals surface area contributed by atoms with Gasteiger partial charge in [0, 0.05) is 13.2 Å². The van der Waals surface area contributed by atoms with Crippen LogP contribution in [0.25, 0.3) is 0 Å². The lowest BCUT2D eigenvalue weighted by Gasteiger charge is -2.15. The Morgan fingerprint density at radius 1 is 1.19 bits per heavy atom. The van der Waals surface area contributed by atoms with E-state index in [0.717, 1.165) is 16.8 Å². The van der Waals surface area contributed by atoms with Crippen molar-refractivity contribution >= 4 is 0 Å². The van der Waals surface area contributed by atoms with Gasteiger partial charge in [-0.05, 0) is 37.1 Å². The molecule has 2 aromatic rings. The first kappa shape index (κ1) is 11.0. The molecule has 1 heterocycles. The predicted octanol–water partition coefficient (Wildman–Crippen LogP) is 2.72. The van der Waals surface area contributed by atoms with Crippen molar-refractivity contribution in [2.45, 2.75) is 20.0 Å². The third-order valence-corrected chi connectivity index (χ3v) is 2.98. The van der Waals surface area contributed by atoms with Crippen LogP contribution >= 0.6 is 0 Å². The Morgan fingerprint density at radius 2 is 1.94 bits per heavy atom. The van der Waals surface area contributed by atoms with Crippen molar-refractivity contribution in [1.29, 1.82) is 0 Å². The zero-order chi connectivity index (χ0) is 11.7. The van der Waals surface area contributed by atoms with Crippen molar-refractivity contribution in [2.24, 2.45) is 7.05 Å². The van der Waals surface area contributed by atoms with E-state index in [2.05, 4.69) is 13.0 Å². The molecule has 2 heteroatoms. The fourth-order valence-corrected chi connectivity index (χ4v) is 2.05. The Bertz CT molecular complexity index is 499. The fraction of sp³-hybridized carbons (Fsp3) is 0.286. The summed E-state index contributed by atoms with van der Waals surface area (Å²) in [7, 11) is 1.95. The first-order valence-electron chi connectivity index (χ1n) is 5.46. The van der Waals surface area contributed by atoms with E-state index in [9.17, 15) is 5.11 Å². The predicted molar refractivity (Wildman–Crippen MR) is 65.4 cm³/mol. The smallest absolute Gasteiger partial charge is 0.119 e. The van der Waals surface area contributed by atoms with Gasteiger partial charge in [-0.25, -0.2) is 0 Å². The molecule has 0 saturated carbocycles. The number of benzene rings is 1. The quantitative estimate of drug-likeness (QED) is 0.818. The maximum Gasteiger partial charge on any atom is 0.119 e. The summed E-state index contributed by atoms with van der Waals surface area (Å²) in [5.41, 5.74) is 4.26. The van der Waals surface area contributed by atoms with Crippen LogP contribution in [-0.4, -0.2) is 9.67 Å². The molecule has 0 aliphatic heterocycles. The van der Waals surface area contributed by atoms with E-state index in [1.165, 1.54) is 5.56 Å². The average molecular weight is 215 g/mol. The minimum Gasteiger partial charge on any atom is -0.382 e. The molecule has 16 heavy (non-hydrogen) atoms. The van der Waals surface area contributed by atoms with Crippen LogP contribution in [0.5, 0.6) is 0 Å². The van der Waals surface area contributed by atoms with Crippen LogP contribution < -0.4 is 0 Å². The number of nitrogens with zero attached hydrogens (tertiary/aromatic N) is 1. The second-order valence-electron chi connectivity index (χ2n) is 4.31. The first-order chi connectivity index (χ1) is 7.59. The van der Waals surface area contributed by atoms with Gasteiger partial charge >= 0.3 is 0 Å². The Kier molecular flexibility index (Phi) is 2.84. The Morgan fingerprint density at radius 3 is 2.50 bits per heavy atom. The molecule has 2 rings (SSSR count). The van der Waals surface area contributed by atoms with Crippen molar-refractivity contribution in [1.82, 2.24) is 4.57 Å². The average Bonchev–Trinajstić information content (AvgIpc) is 2.63. The van der Waals surface area contributed by atoms with E-state index in [1.54, 1.807) is 0 Å². The van der Waals surface area contributed by atoms with Crippen LogP contribution in [0.3, 0.4) is 0 Å². The molecule has 0 fully saturated rings. The molecule has 1 aromatic carbocycles. The summed E-state index contributed by atoms with van der Waals surface area (Å²) in [6.45, 7) is 4.10. The number of aliphatic hydroxyl groups excluding tert-OH is 1. The molecule has 84 valence electrons. The molecule has 0 amide bonds. The minimum absolute atomic E-state index is 0.541. The van der Waals surface area contributed by atoms with Gasteiger partial charge in [0.2, 0.25) is 0 Å². The van der Waals surface area contributed by atoms with Crippen molar-refractivity contribution in [3.8, 4) is 0 Å². The number of aromatic nitrogens is 1. The Hall–Kier alpha value is -1.54. The van der Waals surface area contributed by atoms with Gasteiger partial charge in [0.05, 0.1) is 5.69 Å². The van der Waals surface area contributed by atoms with Gasteiger partial charge in [0.1, 0.15) is 6.10 Å². The van der Waals surface area contributed by atoms with Gasteiger partial charge in [-0.1, -0.05) is 23.8 Å². The maximum absolute atomic E-state index is 10.3. The number of hydrogen-bond acceptors (Lipinski definition) is 1. The lowest BCUT2D eigenvalue weighted by Crippen LogP contribution is -2.06. The van der Waals surface area contributed by atoms with Crippen LogP contribution in [0.15, 0.2) is 36.5 Å². The van der Waals surface area contributed by atoms with Crippen molar-refractivity contribution in [2.75, 3.05) is 0 Å². The standard InChI is InChI=1S/C14H17NO/c1-10-6-7-12(11(2)9-10)14(16)13-5-4-8-15(13)3/h4-9,14,16H,1-3H3/t14-/m1/s1. The molecule has 0 saturated heterocycles. The zero-order valence-electron chi connectivity index (χ0n) is 9.94. The second-order valence-corrected chi connectivity index (χ2v) is 4.31. The van der Waals surface area contributed by atoms with Crippen molar-refractivity contribution in [3.05, 3.63) is 58.9 Å². The van der Waals surface area contributed by atoms with Gasteiger partial charge in [-0.3, -0.25) is 0 Å². The molecular weight excluding hydrogens is 198 g/mol. The van der Waals surface area contributed by atoms with Crippen LogP contribution in [0.1, 0.15) is 28.5 Å². The van der Waals surface area contributed by atoms with Gasteiger partial charge in [-0.15, -0.1) is 0 Å². The highest BCUT2D eigenvalue weighted by Crippen LogP contribution is 2.25. The molecule has 1 aromatic heterocycles. The van der Waals surface area contributed by atoms with Gasteiger partial charge in [-0.2, -0.15) is 0 Å². The largest absolute Gasteiger partial charge is 0.382 e. The number of rotatable bonds is 2. The monoisotopic (exact) mass is 215 g/mol. The summed E-state index contributed by atoms with van der Waals surface area (Å²) in [5, 5.41) is 10.3. The third-order valence-electron chi connectivity index (χ3n) is 2.98. The zero-order valence-corrected chi connectivity index (χ0v) is 9.94. The molecule has 1 atom stereocenters. The van der Waals surface area contributed by atoms with Crippen LogP contribution in [0.2, 0.25) is 0 Å². The SMILES string of the molecule is Cc1ccc([C@@H](O)c2cccn2C)c(C)c1. The van der Waals surface area contributed by atoms with Crippen molar-refractivity contribution in [3.63, 3.8) is 0 Å². The van der Waals surface area contributed by atoms with E-state index >= 15 is 0 Å². The molecule has 0 bridgehead atoms. The lowest BCUT2D eigenvalue weighted by molar-refractivity contribution is 0.211. The highest BCUT2D eigenvalue weighted by Gasteiger charge is 2.14. The molecule has 0 radical (unpaired) electrons. The normalized spacial score (nSPS) is 12.8. The molecular formula is C14H17NO. The van der Waals surface area contributed by atoms with Crippen LogP contribution in [0.4, 0.5) is 0 Å². The number of hydrogen-bond donors (Lipinski definition) is 1. The lowest BCUT2D eigenvalue weighted by atomic mass is 9.99. The minimum atomic E-state index is -0.541. The molecule has 0 aliphatic rings. The fourth-order valence-electron chi connectivity index (χ4n) is 2.05. The van der Waals surface area contributed by atoms with E-state index in [0.29, 0.717) is 0 Å². The maximum atomic E-state index is 10.3. The molecule has 2 nitrogen and oxygen atoms in total. The Balaban J connectivity index is 2.41. The highest BCUT2D eigenvalue weighted by atomic mass is 16.3. The number of aryl methyl sites for hydroxylation is 3. The third kappa shape index (κ3) is 1.89. The molecule has 0 aliphatic carbocycles. The van der Waals surface area contributed by atoms with Gasteiger partial charge in [0.25, 0.3) is 0 Å². The highest BCUT2D eigenvalue weighted by molar-refractivity contribution is 5.36. The summed E-state index contributed by atoms with van der Waals surface area (Å²) in [4.78, 5) is 0. The van der Waals surface area contributed by atoms with Gasteiger partial charge in [0.15, 0.2) is 0 Å². The van der Waals surface area contributed by atoms with Crippen molar-refractivity contribution < 1.29 is 5.11 Å². The summed E-state index contributed by atoms with van der Waals surface area (Å²) in [6.07, 6.45) is 1.41.